The van der Waals surface area contributed by atoms with Crippen LogP contribution >= 0.6 is 0 Å². The Labute approximate surface area is 88.0 Å². The van der Waals surface area contributed by atoms with Crippen molar-refractivity contribution < 1.29 is 14.5 Å². The molecule has 0 aliphatic heterocycles. The summed E-state index contributed by atoms with van der Waals surface area (Å²) in [5.74, 6) is -0.674. The summed E-state index contributed by atoms with van der Waals surface area (Å²) in [5, 5.41) is 0. The second kappa shape index (κ2) is 5.65. The average Bonchev–Trinajstić information content (AvgIpc) is 2.01. The first-order chi connectivity index (χ1) is 6.27. The Bertz CT molecular complexity index is 182. The quantitative estimate of drug-likeness (QED) is 0.225. The van der Waals surface area contributed by atoms with E-state index in [9.17, 15) is 0 Å². The highest BCUT2D eigenvalue weighted by atomic mass is 28.3. The first-order valence-corrected chi connectivity index (χ1v) is 8.38. The van der Waals surface area contributed by atoms with Gasteiger partial charge in [-0.25, -0.2) is 9.78 Å². The van der Waals surface area contributed by atoms with Gasteiger partial charge in [0.1, 0.15) is 6.61 Å². The van der Waals surface area contributed by atoms with Crippen LogP contribution in [0.15, 0.2) is 11.8 Å². The van der Waals surface area contributed by atoms with Gasteiger partial charge < -0.3 is 4.74 Å². The van der Waals surface area contributed by atoms with Crippen molar-refractivity contribution in [3.8, 4) is 0 Å². The third-order valence-corrected chi connectivity index (χ3v) is 2.77. The molecule has 0 radical (unpaired) electrons. The molecule has 0 saturated heterocycles. The Morgan fingerprint density at radius 1 is 1.21 bits per heavy atom. The maximum Gasteiger partial charge on any atom is 0.195 e. The van der Waals surface area contributed by atoms with Crippen LogP contribution in [-0.4, -0.2) is 27.6 Å². The van der Waals surface area contributed by atoms with Crippen LogP contribution in [0.25, 0.3) is 0 Å². The standard InChI is InChI=1S/C10H22O3Si/c1-10(2,11-3)13-12-8-7-9-14(4,5)6/h7,9H,8H2,1-6H3/b9-7-. The zero-order valence-corrected chi connectivity index (χ0v) is 11.1. The van der Waals surface area contributed by atoms with Crippen LogP contribution in [0, 0.1) is 0 Å². The summed E-state index contributed by atoms with van der Waals surface area (Å²) in [5.41, 5.74) is 2.22. The van der Waals surface area contributed by atoms with Crippen molar-refractivity contribution in [2.45, 2.75) is 39.3 Å². The lowest BCUT2D eigenvalue weighted by Gasteiger charge is -2.20. The van der Waals surface area contributed by atoms with E-state index in [1.165, 1.54) is 0 Å². The second-order valence-corrected chi connectivity index (χ2v) is 9.81. The molecule has 0 N–H and O–H groups in total. The zero-order chi connectivity index (χ0) is 11.2. The van der Waals surface area contributed by atoms with Gasteiger partial charge in [0.15, 0.2) is 5.79 Å². The average molecular weight is 218 g/mol. The summed E-state index contributed by atoms with van der Waals surface area (Å²) in [7, 11) is 0.476. The lowest BCUT2D eigenvalue weighted by molar-refractivity contribution is -0.408. The molecule has 84 valence electrons. The van der Waals surface area contributed by atoms with E-state index in [0.29, 0.717) is 6.61 Å². The van der Waals surface area contributed by atoms with E-state index in [1.54, 1.807) is 21.0 Å². The Hall–Kier alpha value is -0.163. The summed E-state index contributed by atoms with van der Waals surface area (Å²) in [4.78, 5) is 10.0. The molecule has 0 aliphatic carbocycles. The summed E-state index contributed by atoms with van der Waals surface area (Å²) >= 11 is 0. The Morgan fingerprint density at radius 3 is 2.21 bits per heavy atom. The van der Waals surface area contributed by atoms with Crippen molar-refractivity contribution in [2.24, 2.45) is 0 Å². The number of methoxy groups -OCH3 is 1. The predicted molar refractivity (Wildman–Crippen MR) is 60.6 cm³/mol. The van der Waals surface area contributed by atoms with E-state index >= 15 is 0 Å². The van der Waals surface area contributed by atoms with Crippen LogP contribution in [0.5, 0.6) is 0 Å². The molecular weight excluding hydrogens is 196 g/mol. The molecule has 0 fully saturated rings. The van der Waals surface area contributed by atoms with Crippen LogP contribution in [-0.2, 0) is 14.5 Å². The van der Waals surface area contributed by atoms with Crippen molar-refractivity contribution in [3.63, 3.8) is 0 Å². The van der Waals surface area contributed by atoms with Crippen molar-refractivity contribution in [1.29, 1.82) is 0 Å². The normalized spacial score (nSPS) is 13.9. The predicted octanol–water partition coefficient (Wildman–Crippen LogP) is 2.75. The molecule has 4 heteroatoms. The lowest BCUT2D eigenvalue weighted by Crippen LogP contribution is -2.26. The van der Waals surface area contributed by atoms with Crippen molar-refractivity contribution in [1.82, 2.24) is 0 Å². The Balaban J connectivity index is 3.62. The molecular formula is C10H22O3Si. The van der Waals surface area contributed by atoms with Crippen molar-refractivity contribution in [2.75, 3.05) is 13.7 Å². The van der Waals surface area contributed by atoms with Gasteiger partial charge in [-0.3, -0.25) is 0 Å². The molecule has 0 spiro atoms. The van der Waals surface area contributed by atoms with Gasteiger partial charge in [-0.05, 0) is 13.8 Å². The molecule has 0 unspecified atom stereocenters. The highest BCUT2D eigenvalue weighted by molar-refractivity contribution is 6.80. The first kappa shape index (κ1) is 13.8. The molecule has 3 nitrogen and oxygen atoms in total. The van der Waals surface area contributed by atoms with E-state index < -0.39 is 13.9 Å². The van der Waals surface area contributed by atoms with Gasteiger partial charge in [-0.1, -0.05) is 31.4 Å². The molecule has 0 rings (SSSR count). The minimum atomic E-state index is -1.11. The van der Waals surface area contributed by atoms with Gasteiger partial charge in [0.25, 0.3) is 0 Å². The Morgan fingerprint density at radius 2 is 1.79 bits per heavy atom. The fourth-order valence-corrected chi connectivity index (χ4v) is 1.45. The summed E-state index contributed by atoms with van der Waals surface area (Å²) < 4.78 is 5.02. The number of hydrogen-bond acceptors (Lipinski definition) is 3. The van der Waals surface area contributed by atoms with Gasteiger partial charge in [0.05, 0.1) is 8.07 Å². The SMILES string of the molecule is COC(C)(C)OOC/C=C\[Si](C)(C)C. The molecule has 0 saturated carbocycles. The highest BCUT2D eigenvalue weighted by Gasteiger charge is 2.17. The van der Waals surface area contributed by atoms with Gasteiger partial charge in [0.2, 0.25) is 0 Å². The van der Waals surface area contributed by atoms with Crippen LogP contribution in [0.2, 0.25) is 19.6 Å². The van der Waals surface area contributed by atoms with E-state index in [1.807, 2.05) is 6.08 Å². The summed E-state index contributed by atoms with van der Waals surface area (Å²) in [6, 6.07) is 0. The molecule has 14 heavy (non-hydrogen) atoms. The van der Waals surface area contributed by atoms with Crippen molar-refractivity contribution >= 4 is 8.07 Å². The van der Waals surface area contributed by atoms with E-state index in [4.69, 9.17) is 14.5 Å². The van der Waals surface area contributed by atoms with E-state index in [2.05, 4.69) is 25.3 Å². The fraction of sp³-hybridized carbons (Fsp3) is 0.800. The molecule has 0 amide bonds. The molecule has 0 heterocycles. The molecule has 0 aromatic carbocycles. The number of ether oxygens (including phenoxy) is 1. The lowest BCUT2D eigenvalue weighted by atomic mass is 10.4. The van der Waals surface area contributed by atoms with Crippen LogP contribution < -0.4 is 0 Å². The maximum absolute atomic E-state index is 5.04. The molecule has 0 aromatic heterocycles. The van der Waals surface area contributed by atoms with Crippen LogP contribution in [0.4, 0.5) is 0 Å². The molecule has 0 aromatic rings. The second-order valence-electron chi connectivity index (χ2n) is 4.74. The van der Waals surface area contributed by atoms with Crippen LogP contribution in [0.1, 0.15) is 13.8 Å². The number of rotatable bonds is 6. The first-order valence-electron chi connectivity index (χ1n) is 4.80. The largest absolute Gasteiger partial charge is 0.351 e. The van der Waals surface area contributed by atoms with Gasteiger partial charge in [0, 0.05) is 7.11 Å². The smallest absolute Gasteiger partial charge is 0.195 e. The fourth-order valence-electron chi connectivity index (χ4n) is 0.651. The van der Waals surface area contributed by atoms with Crippen LogP contribution in [0.3, 0.4) is 0 Å². The van der Waals surface area contributed by atoms with Gasteiger partial charge in [-0.15, -0.1) is 0 Å². The summed E-state index contributed by atoms with van der Waals surface area (Å²) in [6.45, 7) is 10.9. The Kier molecular flexibility index (Phi) is 5.59. The molecule has 0 aliphatic rings. The topological polar surface area (TPSA) is 27.7 Å². The number of hydrogen-bond donors (Lipinski definition) is 0. The summed E-state index contributed by atoms with van der Waals surface area (Å²) in [6.07, 6.45) is 2.00. The van der Waals surface area contributed by atoms with E-state index in [-0.39, 0.29) is 0 Å². The highest BCUT2D eigenvalue weighted by Crippen LogP contribution is 2.09. The van der Waals surface area contributed by atoms with Gasteiger partial charge in [-0.2, -0.15) is 0 Å². The third-order valence-electron chi connectivity index (χ3n) is 1.53. The monoisotopic (exact) mass is 218 g/mol. The molecule has 0 bridgehead atoms. The minimum absolute atomic E-state index is 0.469. The van der Waals surface area contributed by atoms with Gasteiger partial charge >= 0.3 is 0 Å². The minimum Gasteiger partial charge on any atom is -0.351 e. The third kappa shape index (κ3) is 8.44. The van der Waals surface area contributed by atoms with Crippen molar-refractivity contribution in [3.05, 3.63) is 11.8 Å². The van der Waals surface area contributed by atoms with E-state index in [0.717, 1.165) is 0 Å². The molecule has 0 atom stereocenters. The zero-order valence-electron chi connectivity index (χ0n) is 10.1. The maximum atomic E-state index is 5.04.